The number of rotatable bonds is 2. The molecule has 0 bridgehead atoms. The highest BCUT2D eigenvalue weighted by molar-refractivity contribution is 7.99. The van der Waals surface area contributed by atoms with Crippen LogP contribution in [-0.2, 0) is 0 Å². The molecule has 0 amide bonds. The van der Waals surface area contributed by atoms with E-state index in [2.05, 4.69) is 38.1 Å². The third kappa shape index (κ3) is 2.57. The van der Waals surface area contributed by atoms with E-state index in [0.717, 1.165) is 17.8 Å². The van der Waals surface area contributed by atoms with Crippen molar-refractivity contribution >= 4 is 11.8 Å². The molecule has 2 N–H and O–H groups in total. The molecule has 19 heavy (non-hydrogen) atoms. The first-order valence-corrected chi connectivity index (χ1v) is 8.62. The van der Waals surface area contributed by atoms with E-state index in [4.69, 9.17) is 5.73 Å². The number of hydrogen-bond donors (Lipinski definition) is 1. The summed E-state index contributed by atoms with van der Waals surface area (Å²) in [6.07, 6.45) is 4.02. The minimum absolute atomic E-state index is 0.353. The van der Waals surface area contributed by atoms with Gasteiger partial charge in [0.25, 0.3) is 0 Å². The highest BCUT2D eigenvalue weighted by Gasteiger charge is 2.35. The largest absolute Gasteiger partial charge is 0.327 e. The smallest absolute Gasteiger partial charge is 0.0145 e. The van der Waals surface area contributed by atoms with E-state index in [0.29, 0.717) is 12.0 Å². The van der Waals surface area contributed by atoms with Crippen LogP contribution in [0, 0.1) is 17.8 Å². The predicted molar refractivity (Wildman–Crippen MR) is 83.6 cm³/mol. The Kier molecular flexibility index (Phi) is 3.91. The minimum Gasteiger partial charge on any atom is -0.327 e. The first kappa shape index (κ1) is 13.5. The van der Waals surface area contributed by atoms with E-state index in [1.54, 1.807) is 0 Å². The van der Waals surface area contributed by atoms with Gasteiger partial charge >= 0.3 is 0 Å². The van der Waals surface area contributed by atoms with Crippen LogP contribution in [0.1, 0.15) is 44.6 Å². The predicted octanol–water partition coefficient (Wildman–Crippen LogP) is 4.28. The van der Waals surface area contributed by atoms with Crippen molar-refractivity contribution < 1.29 is 0 Å². The third-order valence-corrected chi connectivity index (χ3v) is 6.59. The number of nitrogens with two attached hydrogens (primary N) is 1. The summed E-state index contributed by atoms with van der Waals surface area (Å²) in [4.78, 5) is 1.46. The van der Waals surface area contributed by atoms with Crippen LogP contribution in [-0.4, -0.2) is 11.8 Å². The van der Waals surface area contributed by atoms with Gasteiger partial charge in [-0.1, -0.05) is 38.5 Å². The summed E-state index contributed by atoms with van der Waals surface area (Å²) < 4.78 is 0. The Morgan fingerprint density at radius 3 is 2.74 bits per heavy atom. The van der Waals surface area contributed by atoms with Gasteiger partial charge in [0.05, 0.1) is 0 Å². The Labute approximate surface area is 121 Å². The van der Waals surface area contributed by atoms with Gasteiger partial charge in [0.2, 0.25) is 0 Å². The van der Waals surface area contributed by atoms with Crippen molar-refractivity contribution in [2.75, 3.05) is 5.75 Å². The standard InChI is InChI=1S/C17H25NS/c1-11-7-8-13(9-12(11)2)17(18)15-10-19-16-6-4-3-5-14(15)16/h3-6,11-13,15,17H,7-10,18H2,1-2H3. The van der Waals surface area contributed by atoms with E-state index < -0.39 is 0 Å². The first-order valence-electron chi connectivity index (χ1n) is 7.64. The number of thioether (sulfide) groups is 1. The molecule has 1 fully saturated rings. The van der Waals surface area contributed by atoms with Gasteiger partial charge in [-0.05, 0) is 42.2 Å². The fraction of sp³-hybridized carbons (Fsp3) is 0.647. The third-order valence-electron chi connectivity index (χ3n) is 5.38. The molecule has 1 aliphatic carbocycles. The number of fused-ring (bicyclic) bond motifs is 1. The molecule has 0 radical (unpaired) electrons. The average molecular weight is 275 g/mol. The molecule has 1 aromatic carbocycles. The lowest BCUT2D eigenvalue weighted by molar-refractivity contribution is 0.177. The van der Waals surface area contributed by atoms with E-state index in [1.807, 2.05) is 11.8 Å². The van der Waals surface area contributed by atoms with Gasteiger partial charge in [0, 0.05) is 22.6 Å². The molecule has 0 aromatic heterocycles. The Morgan fingerprint density at radius 2 is 1.95 bits per heavy atom. The molecule has 2 aliphatic rings. The quantitative estimate of drug-likeness (QED) is 0.872. The summed E-state index contributed by atoms with van der Waals surface area (Å²) in [5, 5.41) is 0. The Morgan fingerprint density at radius 1 is 1.16 bits per heavy atom. The second-order valence-electron chi connectivity index (χ2n) is 6.56. The lowest BCUT2D eigenvalue weighted by atomic mass is 9.70. The SMILES string of the molecule is CC1CCC(C(N)C2CSc3ccccc32)CC1C. The van der Waals surface area contributed by atoms with Crippen LogP contribution < -0.4 is 5.73 Å². The van der Waals surface area contributed by atoms with Gasteiger partial charge < -0.3 is 5.73 Å². The van der Waals surface area contributed by atoms with Crippen molar-refractivity contribution in [3.8, 4) is 0 Å². The zero-order valence-corrected chi connectivity index (χ0v) is 12.8. The normalized spacial score (nSPS) is 35.9. The van der Waals surface area contributed by atoms with Crippen LogP contribution in [0.3, 0.4) is 0 Å². The fourth-order valence-electron chi connectivity index (χ4n) is 3.77. The molecule has 1 aliphatic heterocycles. The van der Waals surface area contributed by atoms with Crippen LogP contribution in [0.4, 0.5) is 0 Å². The monoisotopic (exact) mass is 275 g/mol. The van der Waals surface area contributed by atoms with Gasteiger partial charge in [-0.3, -0.25) is 0 Å². The van der Waals surface area contributed by atoms with Gasteiger partial charge in [-0.2, -0.15) is 0 Å². The van der Waals surface area contributed by atoms with Crippen molar-refractivity contribution in [1.82, 2.24) is 0 Å². The summed E-state index contributed by atoms with van der Waals surface area (Å²) >= 11 is 1.99. The van der Waals surface area contributed by atoms with Crippen molar-refractivity contribution in [2.24, 2.45) is 23.5 Å². The van der Waals surface area contributed by atoms with Gasteiger partial charge in [-0.25, -0.2) is 0 Å². The van der Waals surface area contributed by atoms with E-state index in [9.17, 15) is 0 Å². The molecule has 1 aromatic rings. The molecule has 3 rings (SSSR count). The van der Waals surface area contributed by atoms with Crippen molar-refractivity contribution in [2.45, 2.75) is 50.0 Å². The van der Waals surface area contributed by atoms with Crippen LogP contribution in [0.2, 0.25) is 0 Å². The molecule has 1 nitrogen and oxygen atoms in total. The van der Waals surface area contributed by atoms with E-state index >= 15 is 0 Å². The van der Waals surface area contributed by atoms with Crippen molar-refractivity contribution in [1.29, 1.82) is 0 Å². The molecule has 2 heteroatoms. The van der Waals surface area contributed by atoms with Crippen molar-refractivity contribution in [3.63, 3.8) is 0 Å². The molecule has 5 atom stereocenters. The Bertz CT molecular complexity index is 445. The molecular weight excluding hydrogens is 250 g/mol. The lowest BCUT2D eigenvalue weighted by Gasteiger charge is -2.37. The zero-order valence-electron chi connectivity index (χ0n) is 12.0. The maximum Gasteiger partial charge on any atom is 0.0145 e. The average Bonchev–Trinajstić information content (AvgIpc) is 2.85. The van der Waals surface area contributed by atoms with E-state index in [1.165, 1.54) is 35.5 Å². The molecule has 1 saturated carbocycles. The van der Waals surface area contributed by atoms with Crippen LogP contribution in [0.25, 0.3) is 0 Å². The van der Waals surface area contributed by atoms with Crippen LogP contribution >= 0.6 is 11.8 Å². The fourth-order valence-corrected chi connectivity index (χ4v) is 5.10. The Hall–Kier alpha value is -0.470. The molecule has 0 spiro atoms. The molecule has 104 valence electrons. The lowest BCUT2D eigenvalue weighted by Crippen LogP contribution is -2.40. The highest BCUT2D eigenvalue weighted by Crippen LogP contribution is 2.45. The molecular formula is C17H25NS. The minimum atomic E-state index is 0.353. The summed E-state index contributed by atoms with van der Waals surface area (Å²) in [5.74, 6) is 4.21. The van der Waals surface area contributed by atoms with Gasteiger partial charge in [0.1, 0.15) is 0 Å². The zero-order chi connectivity index (χ0) is 13.4. The summed E-state index contributed by atoms with van der Waals surface area (Å²) in [6.45, 7) is 4.80. The second-order valence-corrected chi connectivity index (χ2v) is 7.62. The maximum absolute atomic E-state index is 6.66. The summed E-state index contributed by atoms with van der Waals surface area (Å²) in [6, 6.07) is 9.19. The number of hydrogen-bond acceptors (Lipinski definition) is 2. The summed E-state index contributed by atoms with van der Waals surface area (Å²) in [7, 11) is 0. The van der Waals surface area contributed by atoms with Crippen LogP contribution in [0.15, 0.2) is 29.2 Å². The maximum atomic E-state index is 6.66. The molecule has 5 unspecified atom stereocenters. The summed E-state index contributed by atoms with van der Waals surface area (Å²) in [5.41, 5.74) is 8.17. The van der Waals surface area contributed by atoms with E-state index in [-0.39, 0.29) is 0 Å². The molecule has 1 heterocycles. The Balaban J connectivity index is 1.73. The van der Waals surface area contributed by atoms with Gasteiger partial charge in [-0.15, -0.1) is 11.8 Å². The van der Waals surface area contributed by atoms with Crippen LogP contribution in [0.5, 0.6) is 0 Å². The number of benzene rings is 1. The highest BCUT2D eigenvalue weighted by atomic mass is 32.2. The molecule has 0 saturated heterocycles. The first-order chi connectivity index (χ1) is 9.16. The van der Waals surface area contributed by atoms with Gasteiger partial charge in [0.15, 0.2) is 0 Å². The van der Waals surface area contributed by atoms with Crippen molar-refractivity contribution in [3.05, 3.63) is 29.8 Å². The second kappa shape index (κ2) is 5.49. The topological polar surface area (TPSA) is 26.0 Å².